The van der Waals surface area contributed by atoms with Gasteiger partial charge in [-0.15, -0.1) is 10.2 Å². The topological polar surface area (TPSA) is 47.5 Å². The van der Waals surface area contributed by atoms with Gasteiger partial charge in [0.05, 0.1) is 12.2 Å². The highest BCUT2D eigenvalue weighted by atomic mass is 32.1. The zero-order valence-electron chi connectivity index (χ0n) is 12.5. The molecule has 0 radical (unpaired) electrons. The molecule has 3 rings (SSSR count). The molecule has 20 heavy (non-hydrogen) atoms. The summed E-state index contributed by atoms with van der Waals surface area (Å²) in [6, 6.07) is 0. The van der Waals surface area contributed by atoms with Gasteiger partial charge in [0.2, 0.25) is 5.13 Å². The van der Waals surface area contributed by atoms with Gasteiger partial charge in [0.25, 0.3) is 0 Å². The Labute approximate surface area is 124 Å². The Bertz CT molecular complexity index is 458. The molecule has 0 N–H and O–H groups in total. The summed E-state index contributed by atoms with van der Waals surface area (Å²) in [5.41, 5.74) is 0.0304. The van der Waals surface area contributed by atoms with Crippen LogP contribution in [0, 0.1) is 0 Å². The Balaban J connectivity index is 1.75. The summed E-state index contributed by atoms with van der Waals surface area (Å²) in [5.74, 6) is 0. The normalized spacial score (nSPS) is 23.2. The summed E-state index contributed by atoms with van der Waals surface area (Å²) in [5, 5.41) is 10.9. The van der Waals surface area contributed by atoms with Crippen LogP contribution in [0.4, 0.5) is 5.13 Å². The second-order valence-electron chi connectivity index (χ2n) is 6.71. The molecule has 2 fully saturated rings. The first kappa shape index (κ1) is 14.2. The maximum Gasteiger partial charge on any atom is 0.208 e. The minimum Gasteiger partial charge on any atom is -0.381 e. The maximum atomic E-state index is 6.07. The molecule has 0 aromatic carbocycles. The van der Waals surface area contributed by atoms with Crippen LogP contribution in [0.25, 0.3) is 0 Å². The van der Waals surface area contributed by atoms with Gasteiger partial charge in [-0.25, -0.2) is 0 Å². The molecule has 0 atom stereocenters. The minimum absolute atomic E-state index is 0.0376. The number of nitrogens with zero attached hydrogens (tertiary/aromatic N) is 3. The van der Waals surface area contributed by atoms with Crippen LogP contribution in [0.2, 0.25) is 0 Å². The van der Waals surface area contributed by atoms with Crippen molar-refractivity contribution in [1.29, 1.82) is 0 Å². The number of anilines is 1. The fourth-order valence-corrected chi connectivity index (χ4v) is 3.63. The van der Waals surface area contributed by atoms with Gasteiger partial charge in [0.1, 0.15) is 5.01 Å². The molecule has 3 heterocycles. The first-order valence-electron chi connectivity index (χ1n) is 7.29. The van der Waals surface area contributed by atoms with Crippen LogP contribution in [-0.4, -0.2) is 48.7 Å². The summed E-state index contributed by atoms with van der Waals surface area (Å²) >= 11 is 1.71. The number of morpholine rings is 1. The molecule has 1 aromatic heterocycles. The minimum atomic E-state index is -0.0376. The van der Waals surface area contributed by atoms with Gasteiger partial charge >= 0.3 is 0 Å². The lowest BCUT2D eigenvalue weighted by atomic mass is 9.92. The van der Waals surface area contributed by atoms with Crippen molar-refractivity contribution in [2.45, 2.75) is 44.6 Å². The largest absolute Gasteiger partial charge is 0.381 e. The molecule has 0 saturated carbocycles. The maximum absolute atomic E-state index is 6.07. The van der Waals surface area contributed by atoms with E-state index in [4.69, 9.17) is 9.47 Å². The fourth-order valence-electron chi connectivity index (χ4n) is 2.70. The Morgan fingerprint density at radius 3 is 2.55 bits per heavy atom. The molecule has 2 aliphatic rings. The van der Waals surface area contributed by atoms with Crippen molar-refractivity contribution in [2.75, 3.05) is 37.8 Å². The quantitative estimate of drug-likeness (QED) is 0.795. The van der Waals surface area contributed by atoms with Gasteiger partial charge in [-0.3, -0.25) is 0 Å². The van der Waals surface area contributed by atoms with Gasteiger partial charge < -0.3 is 14.4 Å². The highest BCUT2D eigenvalue weighted by molar-refractivity contribution is 7.15. The monoisotopic (exact) mass is 297 g/mol. The summed E-state index contributed by atoms with van der Waals surface area (Å²) in [6.07, 6.45) is 1.96. The van der Waals surface area contributed by atoms with E-state index >= 15 is 0 Å². The van der Waals surface area contributed by atoms with Crippen molar-refractivity contribution in [3.05, 3.63) is 5.01 Å². The average Bonchev–Trinajstić information content (AvgIpc) is 2.89. The van der Waals surface area contributed by atoms with Crippen molar-refractivity contribution in [3.8, 4) is 0 Å². The summed E-state index contributed by atoms with van der Waals surface area (Å²) < 4.78 is 11.5. The second kappa shape index (κ2) is 5.24. The Morgan fingerprint density at radius 2 is 1.90 bits per heavy atom. The Morgan fingerprint density at radius 1 is 1.15 bits per heavy atom. The van der Waals surface area contributed by atoms with Crippen LogP contribution in [0.15, 0.2) is 0 Å². The smallest absolute Gasteiger partial charge is 0.208 e. The third-order valence-electron chi connectivity index (χ3n) is 3.98. The zero-order valence-corrected chi connectivity index (χ0v) is 13.3. The Kier molecular flexibility index (Phi) is 3.73. The molecule has 0 unspecified atom stereocenters. The standard InChI is InChI=1S/C14H23N3O2S/c1-13(2,3)11-15-16-12(20-11)17-6-9-19-14(10-17)4-7-18-8-5-14/h4-10H2,1-3H3. The molecule has 1 aromatic rings. The van der Waals surface area contributed by atoms with E-state index in [0.29, 0.717) is 0 Å². The lowest BCUT2D eigenvalue weighted by molar-refractivity contribution is -0.116. The summed E-state index contributed by atoms with van der Waals surface area (Å²) in [6.45, 7) is 10.7. The third-order valence-corrected chi connectivity index (χ3v) is 5.39. The molecule has 2 saturated heterocycles. The molecule has 6 heteroatoms. The van der Waals surface area contributed by atoms with Crippen LogP contribution in [0.1, 0.15) is 38.6 Å². The van der Waals surface area contributed by atoms with Crippen molar-refractivity contribution in [3.63, 3.8) is 0 Å². The van der Waals surface area contributed by atoms with Gasteiger partial charge in [0, 0.05) is 44.6 Å². The molecular weight excluding hydrogens is 274 g/mol. The first-order valence-corrected chi connectivity index (χ1v) is 8.11. The second-order valence-corrected chi connectivity index (χ2v) is 7.66. The van der Waals surface area contributed by atoms with E-state index in [2.05, 4.69) is 35.9 Å². The fraction of sp³-hybridized carbons (Fsp3) is 0.857. The predicted molar refractivity (Wildman–Crippen MR) is 79.6 cm³/mol. The SMILES string of the molecule is CC(C)(C)c1nnc(N2CCOC3(CCOCC3)C2)s1. The molecule has 112 valence electrons. The van der Waals surface area contributed by atoms with Crippen LogP contribution in [-0.2, 0) is 14.9 Å². The number of rotatable bonds is 1. The first-order chi connectivity index (χ1) is 9.49. The van der Waals surface area contributed by atoms with Crippen LogP contribution < -0.4 is 4.90 Å². The molecule has 2 aliphatic heterocycles. The molecule has 0 aliphatic carbocycles. The molecular formula is C14H23N3O2S. The van der Waals surface area contributed by atoms with E-state index in [1.54, 1.807) is 11.3 Å². The van der Waals surface area contributed by atoms with E-state index in [1.807, 2.05) is 0 Å². The lowest BCUT2D eigenvalue weighted by Gasteiger charge is -2.44. The number of ether oxygens (including phenoxy) is 2. The van der Waals surface area contributed by atoms with Crippen molar-refractivity contribution >= 4 is 16.5 Å². The van der Waals surface area contributed by atoms with Crippen LogP contribution in [0.3, 0.4) is 0 Å². The van der Waals surface area contributed by atoms with E-state index in [-0.39, 0.29) is 11.0 Å². The molecule has 1 spiro atoms. The summed E-state index contributed by atoms with van der Waals surface area (Å²) in [4.78, 5) is 2.34. The van der Waals surface area contributed by atoms with E-state index in [0.717, 1.165) is 55.9 Å². The van der Waals surface area contributed by atoms with E-state index < -0.39 is 0 Å². The van der Waals surface area contributed by atoms with Crippen molar-refractivity contribution in [1.82, 2.24) is 10.2 Å². The summed E-state index contributed by atoms with van der Waals surface area (Å²) in [7, 11) is 0. The van der Waals surface area contributed by atoms with E-state index in [1.165, 1.54) is 0 Å². The Hall–Kier alpha value is -0.720. The number of hydrogen-bond acceptors (Lipinski definition) is 6. The van der Waals surface area contributed by atoms with E-state index in [9.17, 15) is 0 Å². The molecule has 5 nitrogen and oxygen atoms in total. The predicted octanol–water partition coefficient (Wildman–Crippen LogP) is 2.22. The van der Waals surface area contributed by atoms with Gasteiger partial charge in [0.15, 0.2) is 0 Å². The third kappa shape index (κ3) is 2.82. The lowest BCUT2D eigenvalue weighted by Crippen LogP contribution is -2.54. The van der Waals surface area contributed by atoms with Crippen LogP contribution in [0.5, 0.6) is 0 Å². The van der Waals surface area contributed by atoms with Crippen molar-refractivity contribution in [2.24, 2.45) is 0 Å². The number of hydrogen-bond donors (Lipinski definition) is 0. The van der Waals surface area contributed by atoms with Gasteiger partial charge in [-0.2, -0.15) is 0 Å². The van der Waals surface area contributed by atoms with Gasteiger partial charge in [-0.05, 0) is 0 Å². The molecule has 0 amide bonds. The molecule has 0 bridgehead atoms. The van der Waals surface area contributed by atoms with Crippen molar-refractivity contribution < 1.29 is 9.47 Å². The van der Waals surface area contributed by atoms with Crippen LogP contribution >= 0.6 is 11.3 Å². The average molecular weight is 297 g/mol. The zero-order chi connectivity index (χ0) is 14.2. The highest BCUT2D eigenvalue weighted by Gasteiger charge is 2.39. The van der Waals surface area contributed by atoms with Gasteiger partial charge in [-0.1, -0.05) is 32.1 Å². The highest BCUT2D eigenvalue weighted by Crippen LogP contribution is 2.34. The number of aromatic nitrogens is 2.